The molecule has 0 bridgehead atoms. The highest BCUT2D eigenvalue weighted by atomic mass is 16.5. The van der Waals surface area contributed by atoms with E-state index in [1.807, 2.05) is 0 Å². The number of hydrogen-bond donors (Lipinski definition) is 2. The van der Waals surface area contributed by atoms with E-state index in [2.05, 4.69) is 15.3 Å². The van der Waals surface area contributed by atoms with Crippen LogP contribution >= 0.6 is 0 Å². The van der Waals surface area contributed by atoms with Gasteiger partial charge in [0.2, 0.25) is 11.8 Å². The van der Waals surface area contributed by atoms with E-state index in [1.54, 1.807) is 0 Å². The first-order valence-corrected chi connectivity index (χ1v) is 6.10. The third kappa shape index (κ3) is 2.70. The number of ether oxygens (including phenoxy) is 2. The molecule has 6 heteroatoms. The molecule has 2 rings (SSSR count). The van der Waals surface area contributed by atoms with Gasteiger partial charge in [-0.1, -0.05) is 0 Å². The number of rotatable bonds is 4. The summed E-state index contributed by atoms with van der Waals surface area (Å²) in [4.78, 5) is 8.36. The summed E-state index contributed by atoms with van der Waals surface area (Å²) in [6, 6.07) is 0. The summed E-state index contributed by atoms with van der Waals surface area (Å²) in [7, 11) is 3.04. The fraction of sp³-hybridized carbons (Fsp3) is 0.667. The Balaban J connectivity index is 2.20. The highest BCUT2D eigenvalue weighted by Gasteiger charge is 2.27. The highest BCUT2D eigenvalue weighted by molar-refractivity contribution is 5.25. The molecule has 0 radical (unpaired) electrons. The number of nitrogens with one attached hydrogen (secondary N) is 1. The van der Waals surface area contributed by atoms with Gasteiger partial charge in [0.05, 0.1) is 20.4 Å². The summed E-state index contributed by atoms with van der Waals surface area (Å²) in [5, 5.41) is 13.6. The first-order chi connectivity index (χ1) is 8.76. The quantitative estimate of drug-likeness (QED) is 0.815. The Kier molecular flexibility index (Phi) is 4.33. The van der Waals surface area contributed by atoms with Crippen LogP contribution in [0.3, 0.4) is 0 Å². The molecule has 0 spiro atoms. The molecule has 0 saturated carbocycles. The van der Waals surface area contributed by atoms with Gasteiger partial charge in [0.1, 0.15) is 11.8 Å². The number of aliphatic hydroxyl groups is 1. The molecule has 1 atom stereocenters. The molecule has 0 aromatic carbocycles. The lowest BCUT2D eigenvalue weighted by molar-refractivity contribution is 0.0815. The van der Waals surface area contributed by atoms with Gasteiger partial charge in [0.25, 0.3) is 0 Å². The Labute approximate surface area is 106 Å². The number of aliphatic hydroxyl groups excluding tert-OH is 1. The van der Waals surface area contributed by atoms with Crippen molar-refractivity contribution >= 4 is 0 Å². The van der Waals surface area contributed by atoms with Crippen LogP contribution in [0, 0.1) is 5.92 Å². The van der Waals surface area contributed by atoms with Crippen molar-refractivity contribution in [3.05, 3.63) is 11.9 Å². The normalized spacial score (nSPS) is 18.4. The van der Waals surface area contributed by atoms with Crippen molar-refractivity contribution in [3.8, 4) is 11.8 Å². The van der Waals surface area contributed by atoms with Crippen molar-refractivity contribution in [1.29, 1.82) is 0 Å². The lowest BCUT2D eigenvalue weighted by atomic mass is 9.90. The maximum atomic E-state index is 10.4. The Morgan fingerprint density at radius 2 is 2.06 bits per heavy atom. The van der Waals surface area contributed by atoms with Crippen LogP contribution in [0.5, 0.6) is 11.8 Å². The lowest BCUT2D eigenvalue weighted by Gasteiger charge is -2.27. The first kappa shape index (κ1) is 13.0. The Hall–Kier alpha value is -1.40. The SMILES string of the molecule is COc1cnc(C(O)C2CCNCC2)c(OC)n1. The molecule has 2 N–H and O–H groups in total. The Morgan fingerprint density at radius 1 is 1.33 bits per heavy atom. The van der Waals surface area contributed by atoms with Crippen LogP contribution in [-0.4, -0.2) is 42.4 Å². The van der Waals surface area contributed by atoms with Gasteiger partial charge in [-0.3, -0.25) is 0 Å². The summed E-state index contributed by atoms with van der Waals surface area (Å²) in [5.41, 5.74) is 0.491. The number of aromatic nitrogens is 2. The largest absolute Gasteiger partial charge is 0.480 e. The summed E-state index contributed by atoms with van der Waals surface area (Å²) in [6.45, 7) is 1.85. The van der Waals surface area contributed by atoms with Gasteiger partial charge in [-0.2, -0.15) is 4.98 Å². The Bertz CT molecular complexity index is 394. The van der Waals surface area contributed by atoms with E-state index in [9.17, 15) is 5.11 Å². The molecule has 1 unspecified atom stereocenters. The van der Waals surface area contributed by atoms with Crippen LogP contribution < -0.4 is 14.8 Å². The standard InChI is InChI=1S/C12H19N3O3/c1-17-9-7-14-10(12(15-9)18-2)11(16)8-3-5-13-6-4-8/h7-8,11,13,16H,3-6H2,1-2H3. The molecular formula is C12H19N3O3. The molecule has 1 aliphatic heterocycles. The molecule has 1 fully saturated rings. The summed E-state index contributed by atoms with van der Waals surface area (Å²) >= 11 is 0. The van der Waals surface area contributed by atoms with E-state index >= 15 is 0 Å². The first-order valence-electron chi connectivity index (χ1n) is 6.10. The van der Waals surface area contributed by atoms with Gasteiger partial charge in [-0.15, -0.1) is 0 Å². The van der Waals surface area contributed by atoms with Gasteiger partial charge in [0.15, 0.2) is 0 Å². The zero-order chi connectivity index (χ0) is 13.0. The molecule has 0 aliphatic carbocycles. The van der Waals surface area contributed by atoms with Gasteiger partial charge < -0.3 is 19.9 Å². The molecule has 1 saturated heterocycles. The lowest BCUT2D eigenvalue weighted by Crippen LogP contribution is -2.31. The topological polar surface area (TPSA) is 76.5 Å². The van der Waals surface area contributed by atoms with Crippen LogP contribution in [-0.2, 0) is 0 Å². The Morgan fingerprint density at radius 3 is 2.67 bits per heavy atom. The average molecular weight is 253 g/mol. The van der Waals surface area contributed by atoms with Gasteiger partial charge >= 0.3 is 0 Å². The van der Waals surface area contributed by atoms with Crippen LogP contribution in [0.2, 0.25) is 0 Å². The van der Waals surface area contributed by atoms with E-state index in [0.29, 0.717) is 17.5 Å². The minimum atomic E-state index is -0.638. The van der Waals surface area contributed by atoms with Crippen molar-refractivity contribution in [2.24, 2.45) is 5.92 Å². The van der Waals surface area contributed by atoms with Crippen molar-refractivity contribution in [1.82, 2.24) is 15.3 Å². The van der Waals surface area contributed by atoms with E-state index in [0.717, 1.165) is 25.9 Å². The van der Waals surface area contributed by atoms with Gasteiger partial charge in [0, 0.05) is 0 Å². The van der Waals surface area contributed by atoms with Crippen LogP contribution in [0.25, 0.3) is 0 Å². The minimum absolute atomic E-state index is 0.197. The van der Waals surface area contributed by atoms with E-state index < -0.39 is 6.10 Å². The van der Waals surface area contributed by atoms with Crippen LogP contribution in [0.15, 0.2) is 6.20 Å². The number of piperidine rings is 1. The monoisotopic (exact) mass is 253 g/mol. The zero-order valence-electron chi connectivity index (χ0n) is 10.7. The highest BCUT2D eigenvalue weighted by Crippen LogP contribution is 2.32. The second-order valence-electron chi connectivity index (χ2n) is 4.34. The summed E-state index contributed by atoms with van der Waals surface area (Å²) < 4.78 is 10.2. The number of nitrogens with zero attached hydrogens (tertiary/aromatic N) is 2. The third-order valence-electron chi connectivity index (χ3n) is 3.26. The smallest absolute Gasteiger partial charge is 0.241 e. The molecule has 1 aliphatic rings. The van der Waals surface area contributed by atoms with Crippen LogP contribution in [0.4, 0.5) is 0 Å². The van der Waals surface area contributed by atoms with E-state index in [-0.39, 0.29) is 5.92 Å². The van der Waals surface area contributed by atoms with Crippen molar-refractivity contribution in [2.45, 2.75) is 18.9 Å². The van der Waals surface area contributed by atoms with Crippen molar-refractivity contribution in [2.75, 3.05) is 27.3 Å². The predicted molar refractivity (Wildman–Crippen MR) is 65.7 cm³/mol. The second-order valence-corrected chi connectivity index (χ2v) is 4.34. The molecule has 1 aromatic rings. The molecular weight excluding hydrogens is 234 g/mol. The van der Waals surface area contributed by atoms with E-state index in [1.165, 1.54) is 20.4 Å². The summed E-state index contributed by atoms with van der Waals surface area (Å²) in [6.07, 6.45) is 2.72. The maximum Gasteiger partial charge on any atom is 0.241 e. The predicted octanol–water partition coefficient (Wildman–Crippen LogP) is 0.527. The van der Waals surface area contributed by atoms with Gasteiger partial charge in [-0.25, -0.2) is 4.98 Å². The fourth-order valence-corrected chi connectivity index (χ4v) is 2.20. The van der Waals surface area contributed by atoms with Crippen molar-refractivity contribution in [3.63, 3.8) is 0 Å². The molecule has 2 heterocycles. The average Bonchev–Trinajstić information content (AvgIpc) is 2.46. The van der Waals surface area contributed by atoms with Crippen molar-refractivity contribution < 1.29 is 14.6 Å². The third-order valence-corrected chi connectivity index (χ3v) is 3.26. The van der Waals surface area contributed by atoms with Crippen LogP contribution in [0.1, 0.15) is 24.6 Å². The molecule has 0 amide bonds. The molecule has 18 heavy (non-hydrogen) atoms. The zero-order valence-corrected chi connectivity index (χ0v) is 10.7. The summed E-state index contributed by atoms with van der Waals surface area (Å²) in [5.74, 6) is 0.913. The minimum Gasteiger partial charge on any atom is -0.480 e. The second kappa shape index (κ2) is 5.97. The molecule has 100 valence electrons. The maximum absolute atomic E-state index is 10.4. The number of methoxy groups -OCH3 is 2. The molecule has 1 aromatic heterocycles. The molecule has 6 nitrogen and oxygen atoms in total. The fourth-order valence-electron chi connectivity index (χ4n) is 2.20. The van der Waals surface area contributed by atoms with E-state index in [4.69, 9.17) is 9.47 Å². The number of hydrogen-bond acceptors (Lipinski definition) is 6. The van der Waals surface area contributed by atoms with Gasteiger partial charge in [-0.05, 0) is 31.8 Å².